The van der Waals surface area contributed by atoms with Gasteiger partial charge in [-0.25, -0.2) is 13.2 Å². The number of hydrogen-bond donors (Lipinski definition) is 0. The lowest BCUT2D eigenvalue weighted by molar-refractivity contribution is 0.346. The minimum absolute atomic E-state index is 0.228. The smallest absolute Gasteiger partial charge is 0.340 e. The monoisotopic (exact) mass is 392 g/mol. The van der Waals surface area contributed by atoms with Crippen molar-refractivity contribution in [2.24, 2.45) is 0 Å². The van der Waals surface area contributed by atoms with Crippen molar-refractivity contribution in [1.29, 1.82) is 0 Å². The largest absolute Gasteiger partial charge is 0.372 e. The van der Waals surface area contributed by atoms with Crippen LogP contribution in [0.3, 0.4) is 0 Å². The van der Waals surface area contributed by atoms with Crippen LogP contribution in [0.25, 0.3) is 0 Å². The highest BCUT2D eigenvalue weighted by molar-refractivity contribution is 7.87. The Labute approximate surface area is 136 Å². The molecule has 0 aliphatic heterocycles. The molecular formula is C12H3Cl2F5O3S. The summed E-state index contributed by atoms with van der Waals surface area (Å²) >= 11 is 11.2. The maximum atomic E-state index is 13.5. The van der Waals surface area contributed by atoms with Gasteiger partial charge >= 0.3 is 10.1 Å². The number of rotatable bonds is 3. The molecule has 0 atom stereocenters. The lowest BCUT2D eigenvalue weighted by atomic mass is 10.3. The van der Waals surface area contributed by atoms with Crippen molar-refractivity contribution < 1.29 is 34.6 Å². The van der Waals surface area contributed by atoms with Crippen molar-refractivity contribution in [2.45, 2.75) is 4.90 Å². The Hall–Kier alpha value is -1.58. The number of halogens is 7. The zero-order chi connectivity index (χ0) is 17.5. The molecule has 2 aromatic carbocycles. The molecule has 0 aliphatic carbocycles. The molecule has 0 N–H and O–H groups in total. The van der Waals surface area contributed by atoms with E-state index in [-0.39, 0.29) is 5.02 Å². The normalized spacial score (nSPS) is 11.6. The van der Waals surface area contributed by atoms with Gasteiger partial charge in [0, 0.05) is 0 Å². The second-order valence-corrected chi connectivity index (χ2v) is 6.29. The fraction of sp³-hybridized carbons (Fsp3) is 0. The van der Waals surface area contributed by atoms with Crippen LogP contribution >= 0.6 is 23.2 Å². The molecule has 0 aliphatic rings. The molecule has 0 saturated heterocycles. The topological polar surface area (TPSA) is 43.4 Å². The van der Waals surface area contributed by atoms with Gasteiger partial charge in [0.2, 0.25) is 34.8 Å². The van der Waals surface area contributed by atoms with E-state index in [0.29, 0.717) is 0 Å². The molecule has 0 spiro atoms. The molecule has 11 heteroatoms. The number of hydrogen-bond acceptors (Lipinski definition) is 3. The third-order valence-corrected chi connectivity index (χ3v) is 4.74. The van der Waals surface area contributed by atoms with E-state index in [9.17, 15) is 30.4 Å². The van der Waals surface area contributed by atoms with E-state index < -0.39 is 54.9 Å². The Kier molecular flexibility index (Phi) is 4.74. The molecule has 0 unspecified atom stereocenters. The molecule has 3 nitrogen and oxygen atoms in total. The summed E-state index contributed by atoms with van der Waals surface area (Å²) in [6.45, 7) is 0. The maximum Gasteiger partial charge on any atom is 0.340 e. The van der Waals surface area contributed by atoms with Gasteiger partial charge in [0.1, 0.15) is 4.90 Å². The molecule has 124 valence electrons. The van der Waals surface area contributed by atoms with E-state index in [1.165, 1.54) is 6.07 Å². The minimum Gasteiger partial charge on any atom is -0.372 e. The molecule has 0 saturated carbocycles. The Morgan fingerprint density at radius 1 is 0.826 bits per heavy atom. The lowest BCUT2D eigenvalue weighted by Crippen LogP contribution is -2.15. The standard InChI is InChI=1S/C12H3Cl2F5O3S/c13-4-2-1-3-5(6(4)14)23(20,21)22-12-10(18)8(16)7(15)9(17)11(12)19/h1-3H. The van der Waals surface area contributed by atoms with Crippen LogP contribution in [0.5, 0.6) is 5.75 Å². The van der Waals surface area contributed by atoms with Crippen LogP contribution in [0.4, 0.5) is 22.0 Å². The first-order chi connectivity index (χ1) is 10.6. The predicted molar refractivity (Wildman–Crippen MR) is 70.5 cm³/mol. The molecule has 0 bridgehead atoms. The summed E-state index contributed by atoms with van der Waals surface area (Å²) in [5.74, 6) is -14.0. The SMILES string of the molecule is O=S(=O)(Oc1c(F)c(F)c(F)c(F)c1F)c1cccc(Cl)c1Cl. The van der Waals surface area contributed by atoms with Gasteiger partial charge in [-0.15, -0.1) is 0 Å². The summed E-state index contributed by atoms with van der Waals surface area (Å²) in [6, 6.07) is 3.21. The Balaban J connectivity index is 2.61. The highest BCUT2D eigenvalue weighted by Crippen LogP contribution is 2.34. The molecular weight excluding hydrogens is 390 g/mol. The van der Waals surface area contributed by atoms with Gasteiger partial charge in [0.15, 0.2) is 0 Å². The van der Waals surface area contributed by atoms with Crippen molar-refractivity contribution >= 4 is 33.3 Å². The average Bonchev–Trinajstić information content (AvgIpc) is 2.50. The number of benzene rings is 2. The van der Waals surface area contributed by atoms with E-state index >= 15 is 0 Å². The fourth-order valence-electron chi connectivity index (χ4n) is 1.49. The van der Waals surface area contributed by atoms with Gasteiger partial charge in [-0.3, -0.25) is 0 Å². The van der Waals surface area contributed by atoms with Gasteiger partial charge in [-0.2, -0.15) is 17.2 Å². The second kappa shape index (κ2) is 6.14. The van der Waals surface area contributed by atoms with E-state index in [2.05, 4.69) is 4.18 Å². The maximum absolute atomic E-state index is 13.5. The van der Waals surface area contributed by atoms with Crippen molar-refractivity contribution in [1.82, 2.24) is 0 Å². The molecule has 0 radical (unpaired) electrons. The highest BCUT2D eigenvalue weighted by Gasteiger charge is 2.32. The molecule has 0 heterocycles. The lowest BCUT2D eigenvalue weighted by Gasteiger charge is -2.11. The van der Waals surface area contributed by atoms with Crippen LogP contribution in [0.15, 0.2) is 23.1 Å². The van der Waals surface area contributed by atoms with E-state index in [4.69, 9.17) is 23.2 Å². The van der Waals surface area contributed by atoms with Gasteiger partial charge in [0.25, 0.3) is 0 Å². The van der Waals surface area contributed by atoms with Crippen LogP contribution in [0.1, 0.15) is 0 Å². The average molecular weight is 393 g/mol. The predicted octanol–water partition coefficient (Wildman–Crippen LogP) is 4.46. The molecule has 0 amide bonds. The molecule has 0 fully saturated rings. The van der Waals surface area contributed by atoms with Crippen molar-refractivity contribution in [3.63, 3.8) is 0 Å². The molecule has 2 aromatic rings. The van der Waals surface area contributed by atoms with E-state index in [1.54, 1.807) is 0 Å². The molecule has 0 aromatic heterocycles. The minimum atomic E-state index is -5.01. The summed E-state index contributed by atoms with van der Waals surface area (Å²) < 4.78 is 93.8. The van der Waals surface area contributed by atoms with Crippen LogP contribution < -0.4 is 4.18 Å². The van der Waals surface area contributed by atoms with Crippen LogP contribution in [-0.4, -0.2) is 8.42 Å². The zero-order valence-corrected chi connectivity index (χ0v) is 12.8. The Morgan fingerprint density at radius 2 is 1.30 bits per heavy atom. The van der Waals surface area contributed by atoms with Crippen molar-refractivity contribution in [2.75, 3.05) is 0 Å². The third-order valence-electron chi connectivity index (χ3n) is 2.55. The van der Waals surface area contributed by atoms with Crippen molar-refractivity contribution in [3.8, 4) is 5.75 Å². The van der Waals surface area contributed by atoms with Gasteiger partial charge < -0.3 is 4.18 Å². The first-order valence-electron chi connectivity index (χ1n) is 5.48. The summed E-state index contributed by atoms with van der Waals surface area (Å²) in [6.07, 6.45) is 0. The van der Waals surface area contributed by atoms with Crippen LogP contribution in [0, 0.1) is 29.1 Å². The quantitative estimate of drug-likeness (QED) is 0.335. The Morgan fingerprint density at radius 3 is 1.83 bits per heavy atom. The van der Waals surface area contributed by atoms with Gasteiger partial charge in [0.05, 0.1) is 10.0 Å². The summed E-state index contributed by atoms with van der Waals surface area (Å²) in [5, 5.41) is -0.771. The highest BCUT2D eigenvalue weighted by atomic mass is 35.5. The third kappa shape index (κ3) is 3.08. The second-order valence-electron chi connectivity index (χ2n) is 3.99. The van der Waals surface area contributed by atoms with E-state index in [0.717, 1.165) is 12.1 Å². The fourth-order valence-corrected chi connectivity index (χ4v) is 3.16. The van der Waals surface area contributed by atoms with Gasteiger partial charge in [-0.05, 0) is 12.1 Å². The first kappa shape index (κ1) is 17.8. The molecule has 2 rings (SSSR count). The van der Waals surface area contributed by atoms with E-state index in [1.807, 2.05) is 0 Å². The van der Waals surface area contributed by atoms with Gasteiger partial charge in [-0.1, -0.05) is 29.3 Å². The van der Waals surface area contributed by atoms with Crippen LogP contribution in [0.2, 0.25) is 10.0 Å². The van der Waals surface area contributed by atoms with Crippen molar-refractivity contribution in [3.05, 3.63) is 57.3 Å². The summed E-state index contributed by atoms with van der Waals surface area (Å²) in [4.78, 5) is -0.810. The first-order valence-corrected chi connectivity index (χ1v) is 7.64. The summed E-state index contributed by atoms with van der Waals surface area (Å²) in [5.41, 5.74) is 0. The Bertz CT molecular complexity index is 873. The summed E-state index contributed by atoms with van der Waals surface area (Å²) in [7, 11) is -5.01. The zero-order valence-electron chi connectivity index (χ0n) is 10.5. The molecule has 23 heavy (non-hydrogen) atoms. The van der Waals surface area contributed by atoms with Crippen LogP contribution in [-0.2, 0) is 10.1 Å².